The standard InChI is InChI=1S/C55H69BN2S/c1-32(2)35-17-20-38(21-18-35)57-42-22-19-36(33(3)4)28-41(42)56-47-44(57)29-37(51(6,7)8)30-45(47)58(50-48(56)46-49(59-50)55(15,16)26-25-54(46,13)14)43-31-40-39(27-34(43)5)52(9,10)23-24-53(40,11)12/h17-22,27-33H,23-26H2,1-16H3. The third-order valence-electron chi connectivity index (χ3n) is 15.4. The smallest absolute Gasteiger partial charge is 0.253 e. The molecule has 9 rings (SSSR count). The molecule has 4 aromatic carbocycles. The third-order valence-corrected chi connectivity index (χ3v) is 16.9. The molecule has 4 heteroatoms. The van der Waals surface area contributed by atoms with Gasteiger partial charge in [-0.15, -0.1) is 11.3 Å². The molecule has 308 valence electrons. The topological polar surface area (TPSA) is 6.48 Å². The maximum Gasteiger partial charge on any atom is 0.253 e. The van der Waals surface area contributed by atoms with E-state index in [0.29, 0.717) is 11.8 Å². The number of fused-ring (bicyclic) bond motifs is 7. The lowest BCUT2D eigenvalue weighted by atomic mass is 9.32. The Bertz CT molecular complexity index is 2520. The molecule has 0 unspecified atom stereocenters. The van der Waals surface area contributed by atoms with Gasteiger partial charge in [0.15, 0.2) is 0 Å². The first kappa shape index (κ1) is 40.6. The Morgan fingerprint density at radius 3 is 1.71 bits per heavy atom. The quantitative estimate of drug-likeness (QED) is 0.164. The highest BCUT2D eigenvalue weighted by atomic mass is 32.1. The highest BCUT2D eigenvalue weighted by Crippen LogP contribution is 2.57. The molecule has 0 saturated carbocycles. The zero-order chi connectivity index (χ0) is 42.5. The number of thiophene rings is 1. The van der Waals surface area contributed by atoms with Crippen LogP contribution < -0.4 is 26.2 Å². The zero-order valence-electron chi connectivity index (χ0n) is 39.2. The Labute approximate surface area is 361 Å². The van der Waals surface area contributed by atoms with Crippen molar-refractivity contribution in [2.45, 2.75) is 175 Å². The van der Waals surface area contributed by atoms with E-state index >= 15 is 0 Å². The minimum absolute atomic E-state index is 0.0557. The van der Waals surface area contributed by atoms with E-state index in [4.69, 9.17) is 0 Å². The van der Waals surface area contributed by atoms with Crippen LogP contribution in [0, 0.1) is 6.92 Å². The van der Waals surface area contributed by atoms with Crippen LogP contribution in [0.3, 0.4) is 0 Å². The molecule has 59 heavy (non-hydrogen) atoms. The maximum absolute atomic E-state index is 2.79. The van der Waals surface area contributed by atoms with E-state index in [1.54, 1.807) is 15.9 Å². The number of anilines is 6. The van der Waals surface area contributed by atoms with Crippen LogP contribution in [0.1, 0.15) is 185 Å². The van der Waals surface area contributed by atoms with Gasteiger partial charge in [-0.25, -0.2) is 0 Å². The van der Waals surface area contributed by atoms with Crippen molar-refractivity contribution in [1.29, 1.82) is 0 Å². The average molecular weight is 801 g/mol. The van der Waals surface area contributed by atoms with Crippen LogP contribution in [0.15, 0.2) is 66.7 Å². The normalized spacial score (nSPS) is 19.3. The number of benzene rings is 4. The van der Waals surface area contributed by atoms with E-state index in [1.165, 1.54) is 103 Å². The highest BCUT2D eigenvalue weighted by Gasteiger charge is 2.52. The van der Waals surface area contributed by atoms with Crippen LogP contribution >= 0.6 is 11.3 Å². The fourth-order valence-electron chi connectivity index (χ4n) is 11.1. The molecule has 0 radical (unpaired) electrons. The summed E-state index contributed by atoms with van der Waals surface area (Å²) in [6.07, 6.45) is 4.82. The molecular weight excluding hydrogens is 731 g/mol. The maximum atomic E-state index is 2.79. The van der Waals surface area contributed by atoms with Gasteiger partial charge in [0.2, 0.25) is 0 Å². The van der Waals surface area contributed by atoms with E-state index in [-0.39, 0.29) is 33.8 Å². The first-order chi connectivity index (χ1) is 27.4. The molecule has 0 bridgehead atoms. The van der Waals surface area contributed by atoms with E-state index in [0.717, 1.165) is 0 Å². The Kier molecular flexibility index (Phi) is 9.04. The van der Waals surface area contributed by atoms with E-state index in [9.17, 15) is 0 Å². The van der Waals surface area contributed by atoms with Crippen molar-refractivity contribution < 1.29 is 0 Å². The second kappa shape index (κ2) is 13.1. The molecule has 0 fully saturated rings. The van der Waals surface area contributed by atoms with E-state index in [2.05, 4.69) is 199 Å². The fourth-order valence-corrected chi connectivity index (χ4v) is 12.8. The lowest BCUT2D eigenvalue weighted by Gasteiger charge is -2.47. The second-order valence-electron chi connectivity index (χ2n) is 23.2. The summed E-state index contributed by atoms with van der Waals surface area (Å²) in [7, 11) is 0. The third kappa shape index (κ3) is 6.14. The Morgan fingerprint density at radius 1 is 0.576 bits per heavy atom. The largest absolute Gasteiger partial charge is 0.311 e. The lowest BCUT2D eigenvalue weighted by Crippen LogP contribution is -2.62. The summed E-state index contributed by atoms with van der Waals surface area (Å²) in [5.41, 5.74) is 21.7. The lowest BCUT2D eigenvalue weighted by molar-refractivity contribution is 0.332. The Morgan fingerprint density at radius 2 is 1.12 bits per heavy atom. The highest BCUT2D eigenvalue weighted by molar-refractivity contribution is 7.20. The molecule has 4 aliphatic rings. The van der Waals surface area contributed by atoms with Crippen molar-refractivity contribution in [3.63, 3.8) is 0 Å². The van der Waals surface area contributed by atoms with Crippen LogP contribution in [0.5, 0.6) is 0 Å². The summed E-state index contributed by atoms with van der Waals surface area (Å²) in [6.45, 7) is 39.1. The van der Waals surface area contributed by atoms with Crippen molar-refractivity contribution >= 4 is 67.9 Å². The van der Waals surface area contributed by atoms with Crippen molar-refractivity contribution in [2.24, 2.45) is 0 Å². The van der Waals surface area contributed by atoms with Gasteiger partial charge in [0.05, 0.1) is 10.7 Å². The van der Waals surface area contributed by atoms with Crippen molar-refractivity contribution in [2.75, 3.05) is 9.80 Å². The molecule has 2 nitrogen and oxygen atoms in total. The zero-order valence-corrected chi connectivity index (χ0v) is 40.0. The minimum atomic E-state index is -0.0580. The van der Waals surface area contributed by atoms with Crippen molar-refractivity contribution in [3.8, 4) is 0 Å². The van der Waals surface area contributed by atoms with Crippen LogP contribution in [0.4, 0.5) is 33.4 Å². The summed E-state index contributed by atoms with van der Waals surface area (Å²) in [6, 6.07) is 27.4. The number of rotatable bonds is 4. The van der Waals surface area contributed by atoms with Gasteiger partial charge in [0, 0.05) is 27.6 Å². The number of hydrogen-bond donors (Lipinski definition) is 0. The SMILES string of the molecule is Cc1cc2c(cc1N1c3cc(C(C)(C)C)cc4c3B(c3cc(C(C)C)ccc3N4c3ccc(C(C)C)cc3)c3c1sc1c3C(C)(C)CCC1(C)C)C(C)(C)CCC2(C)C. The molecule has 0 saturated heterocycles. The summed E-state index contributed by atoms with van der Waals surface area (Å²) in [4.78, 5) is 7.02. The van der Waals surface area contributed by atoms with E-state index in [1.807, 2.05) is 0 Å². The van der Waals surface area contributed by atoms with Gasteiger partial charge in [0.1, 0.15) is 0 Å². The Balaban J connectivity index is 1.46. The monoisotopic (exact) mass is 801 g/mol. The van der Waals surface area contributed by atoms with Crippen molar-refractivity contribution in [3.05, 3.63) is 111 Å². The number of aryl methyl sites for hydroxylation is 1. The molecular formula is C55H69BN2S. The molecule has 2 aliphatic heterocycles. The number of nitrogens with zero attached hydrogens (tertiary/aromatic N) is 2. The van der Waals surface area contributed by atoms with Gasteiger partial charge < -0.3 is 9.80 Å². The van der Waals surface area contributed by atoms with Crippen LogP contribution in [0.25, 0.3) is 0 Å². The predicted octanol–water partition coefficient (Wildman–Crippen LogP) is 14.4. The van der Waals surface area contributed by atoms with Gasteiger partial charge in [-0.2, -0.15) is 0 Å². The first-order valence-corrected chi connectivity index (χ1v) is 23.6. The van der Waals surface area contributed by atoms with E-state index < -0.39 is 0 Å². The van der Waals surface area contributed by atoms with Gasteiger partial charge >= 0.3 is 0 Å². The number of hydrogen-bond acceptors (Lipinski definition) is 3. The second-order valence-corrected chi connectivity index (χ2v) is 24.2. The van der Waals surface area contributed by atoms with Gasteiger partial charge in [0.25, 0.3) is 6.71 Å². The van der Waals surface area contributed by atoms with Crippen LogP contribution in [0.2, 0.25) is 0 Å². The predicted molar refractivity (Wildman–Crippen MR) is 261 cm³/mol. The summed E-state index contributed by atoms with van der Waals surface area (Å²) in [5, 5.41) is 1.44. The summed E-state index contributed by atoms with van der Waals surface area (Å²) < 4.78 is 0. The van der Waals surface area contributed by atoms with Crippen molar-refractivity contribution in [1.82, 2.24) is 0 Å². The van der Waals surface area contributed by atoms with Crippen LogP contribution in [-0.4, -0.2) is 6.71 Å². The molecule has 1 aromatic heterocycles. The van der Waals surface area contributed by atoms with Gasteiger partial charge in [-0.1, -0.05) is 134 Å². The molecule has 2 aliphatic carbocycles. The summed E-state index contributed by atoms with van der Waals surface area (Å²) in [5.74, 6) is 0.910. The van der Waals surface area contributed by atoms with Gasteiger partial charge in [-0.05, 0) is 163 Å². The molecule has 0 spiro atoms. The molecule has 0 atom stereocenters. The summed E-state index contributed by atoms with van der Waals surface area (Å²) >= 11 is 2.12. The molecule has 0 N–H and O–H groups in total. The average Bonchev–Trinajstić information content (AvgIpc) is 3.58. The van der Waals surface area contributed by atoms with Crippen LogP contribution in [-0.2, 0) is 27.1 Å². The molecule has 0 amide bonds. The fraction of sp³-hybridized carbons (Fsp3) is 0.491. The minimum Gasteiger partial charge on any atom is -0.311 e. The van der Waals surface area contributed by atoms with Gasteiger partial charge in [-0.3, -0.25) is 0 Å². The molecule has 5 aromatic rings. The first-order valence-electron chi connectivity index (χ1n) is 22.8. The molecule has 3 heterocycles. The Hall–Kier alpha value is -3.76.